The zero-order valence-electron chi connectivity index (χ0n) is 15.7. The minimum absolute atomic E-state index is 0.0453. The molecular weight excluding hydrogens is 312 g/mol. The number of hydrogen-bond acceptors (Lipinski definition) is 2. The fourth-order valence-corrected chi connectivity index (χ4v) is 3.81. The standard InChI is InChI=1S/C21H30N2O2/c1-4-16-7-6-8-17(5-2)18(16)22-19(24)21(11-12-21)20(25)23-13-9-15(3)10-14-23/h6-8,15H,4-5,9-14H2,1-3H3,(H,22,24). The molecular formula is C21H30N2O2. The zero-order valence-corrected chi connectivity index (χ0v) is 15.7. The second-order valence-electron chi connectivity index (χ2n) is 7.67. The van der Waals surface area contributed by atoms with Gasteiger partial charge in [0.15, 0.2) is 0 Å². The highest BCUT2D eigenvalue weighted by atomic mass is 16.2. The summed E-state index contributed by atoms with van der Waals surface area (Å²) >= 11 is 0. The summed E-state index contributed by atoms with van der Waals surface area (Å²) in [6.45, 7) is 8.01. The first-order valence-corrected chi connectivity index (χ1v) is 9.73. The molecule has 1 aromatic carbocycles. The average Bonchev–Trinajstić information content (AvgIpc) is 3.44. The molecule has 1 heterocycles. The molecule has 1 saturated carbocycles. The molecule has 2 amide bonds. The molecule has 1 N–H and O–H groups in total. The van der Waals surface area contributed by atoms with E-state index in [2.05, 4.69) is 38.2 Å². The number of nitrogens with one attached hydrogen (secondary N) is 1. The van der Waals surface area contributed by atoms with Gasteiger partial charge in [0.1, 0.15) is 5.41 Å². The van der Waals surface area contributed by atoms with E-state index in [1.54, 1.807) is 0 Å². The fraction of sp³-hybridized carbons (Fsp3) is 0.619. The fourth-order valence-electron chi connectivity index (χ4n) is 3.81. The molecule has 2 aliphatic rings. The van der Waals surface area contributed by atoms with Crippen LogP contribution in [0.5, 0.6) is 0 Å². The maximum Gasteiger partial charge on any atom is 0.240 e. The Labute approximate surface area is 151 Å². The molecule has 0 unspecified atom stereocenters. The summed E-state index contributed by atoms with van der Waals surface area (Å²) in [6.07, 6.45) is 5.19. The van der Waals surface area contributed by atoms with Crippen molar-refractivity contribution in [3.8, 4) is 0 Å². The summed E-state index contributed by atoms with van der Waals surface area (Å²) in [4.78, 5) is 27.9. The molecule has 136 valence electrons. The summed E-state index contributed by atoms with van der Waals surface area (Å²) in [5.41, 5.74) is 2.39. The van der Waals surface area contributed by atoms with Gasteiger partial charge < -0.3 is 10.2 Å². The van der Waals surface area contributed by atoms with Crippen LogP contribution in [0.2, 0.25) is 0 Å². The first-order valence-electron chi connectivity index (χ1n) is 9.73. The normalized spacial score (nSPS) is 19.6. The zero-order chi connectivity index (χ0) is 18.0. The number of benzene rings is 1. The number of piperidine rings is 1. The molecule has 1 saturated heterocycles. The Balaban J connectivity index is 1.76. The van der Waals surface area contributed by atoms with Crippen molar-refractivity contribution >= 4 is 17.5 Å². The predicted octanol–water partition coefficient (Wildman–Crippen LogP) is 3.79. The molecule has 0 aromatic heterocycles. The topological polar surface area (TPSA) is 49.4 Å². The van der Waals surface area contributed by atoms with Crippen molar-refractivity contribution in [3.05, 3.63) is 29.3 Å². The van der Waals surface area contributed by atoms with Crippen molar-refractivity contribution in [1.82, 2.24) is 4.90 Å². The number of hydrogen-bond donors (Lipinski definition) is 1. The van der Waals surface area contributed by atoms with E-state index in [1.165, 1.54) is 0 Å². The Morgan fingerprint density at radius 2 is 1.68 bits per heavy atom. The van der Waals surface area contributed by atoms with E-state index in [4.69, 9.17) is 0 Å². The van der Waals surface area contributed by atoms with Crippen LogP contribution in [0, 0.1) is 11.3 Å². The van der Waals surface area contributed by atoms with E-state index >= 15 is 0 Å². The van der Waals surface area contributed by atoms with E-state index in [1.807, 2.05) is 11.0 Å². The highest BCUT2D eigenvalue weighted by molar-refractivity contribution is 6.13. The van der Waals surface area contributed by atoms with E-state index in [0.29, 0.717) is 18.8 Å². The van der Waals surface area contributed by atoms with Crippen molar-refractivity contribution in [2.24, 2.45) is 11.3 Å². The van der Waals surface area contributed by atoms with Crippen LogP contribution < -0.4 is 5.32 Å². The van der Waals surface area contributed by atoms with Crippen molar-refractivity contribution in [1.29, 1.82) is 0 Å². The van der Waals surface area contributed by atoms with Crippen LogP contribution in [0.3, 0.4) is 0 Å². The van der Waals surface area contributed by atoms with E-state index < -0.39 is 5.41 Å². The summed E-state index contributed by atoms with van der Waals surface area (Å²) in [7, 11) is 0. The largest absolute Gasteiger partial charge is 0.342 e. The molecule has 4 nitrogen and oxygen atoms in total. The second-order valence-corrected chi connectivity index (χ2v) is 7.67. The number of likely N-dealkylation sites (tertiary alicyclic amines) is 1. The van der Waals surface area contributed by atoms with Gasteiger partial charge >= 0.3 is 0 Å². The molecule has 1 aliphatic heterocycles. The van der Waals surface area contributed by atoms with Gasteiger partial charge in [-0.05, 0) is 55.6 Å². The summed E-state index contributed by atoms with van der Waals surface area (Å²) in [6, 6.07) is 6.16. The number of carbonyl (C=O) groups is 2. The van der Waals surface area contributed by atoms with Gasteiger partial charge in [-0.15, -0.1) is 0 Å². The monoisotopic (exact) mass is 342 g/mol. The molecule has 1 aromatic rings. The van der Waals surface area contributed by atoms with Gasteiger partial charge in [-0.25, -0.2) is 0 Å². The first-order chi connectivity index (χ1) is 12.0. The van der Waals surface area contributed by atoms with Crippen LogP contribution in [0.25, 0.3) is 0 Å². The van der Waals surface area contributed by atoms with Crippen LogP contribution in [0.15, 0.2) is 18.2 Å². The predicted molar refractivity (Wildman–Crippen MR) is 100 cm³/mol. The number of carbonyl (C=O) groups excluding carboxylic acids is 2. The number of anilines is 1. The van der Waals surface area contributed by atoms with Crippen LogP contribution in [0.4, 0.5) is 5.69 Å². The van der Waals surface area contributed by atoms with E-state index in [-0.39, 0.29) is 11.8 Å². The van der Waals surface area contributed by atoms with Crippen LogP contribution in [-0.4, -0.2) is 29.8 Å². The van der Waals surface area contributed by atoms with Crippen LogP contribution in [0.1, 0.15) is 57.6 Å². The molecule has 0 bridgehead atoms. The Morgan fingerprint density at radius 3 is 2.16 bits per heavy atom. The smallest absolute Gasteiger partial charge is 0.240 e. The molecule has 2 fully saturated rings. The van der Waals surface area contributed by atoms with Gasteiger partial charge in [0, 0.05) is 18.8 Å². The number of rotatable bonds is 5. The summed E-state index contributed by atoms with van der Waals surface area (Å²) < 4.78 is 0. The molecule has 0 spiro atoms. The maximum atomic E-state index is 13.0. The van der Waals surface area contributed by atoms with Crippen molar-refractivity contribution in [3.63, 3.8) is 0 Å². The molecule has 1 aliphatic carbocycles. The quantitative estimate of drug-likeness (QED) is 0.828. The lowest BCUT2D eigenvalue weighted by Gasteiger charge is -2.33. The van der Waals surface area contributed by atoms with Gasteiger partial charge in [0.25, 0.3) is 0 Å². The highest BCUT2D eigenvalue weighted by Gasteiger charge is 2.58. The Bertz CT molecular complexity index is 634. The Morgan fingerprint density at radius 1 is 1.12 bits per heavy atom. The average molecular weight is 342 g/mol. The van der Waals surface area contributed by atoms with Crippen molar-refractivity contribution in [2.75, 3.05) is 18.4 Å². The first kappa shape index (κ1) is 18.0. The van der Waals surface area contributed by atoms with Gasteiger partial charge in [0.2, 0.25) is 11.8 Å². The van der Waals surface area contributed by atoms with E-state index in [9.17, 15) is 9.59 Å². The molecule has 4 heteroatoms. The maximum absolute atomic E-state index is 13.0. The minimum atomic E-state index is -0.813. The lowest BCUT2D eigenvalue weighted by Crippen LogP contribution is -2.46. The minimum Gasteiger partial charge on any atom is -0.342 e. The SMILES string of the molecule is CCc1cccc(CC)c1NC(=O)C1(C(=O)N2CCC(C)CC2)CC1. The Hall–Kier alpha value is -1.84. The number of aryl methyl sites for hydroxylation is 2. The highest BCUT2D eigenvalue weighted by Crippen LogP contribution is 2.49. The third-order valence-electron chi connectivity index (χ3n) is 5.90. The molecule has 3 rings (SSSR count). The van der Waals surface area contributed by atoms with Gasteiger partial charge in [-0.3, -0.25) is 9.59 Å². The number of nitrogens with zero attached hydrogens (tertiary/aromatic N) is 1. The summed E-state index contributed by atoms with van der Waals surface area (Å²) in [5.74, 6) is 0.618. The van der Waals surface area contributed by atoms with Gasteiger partial charge in [-0.2, -0.15) is 0 Å². The van der Waals surface area contributed by atoms with Crippen molar-refractivity contribution in [2.45, 2.75) is 59.3 Å². The third kappa shape index (κ3) is 3.44. The Kier molecular flexibility index (Phi) is 5.16. The number of amides is 2. The lowest BCUT2D eigenvalue weighted by molar-refractivity contribution is -0.143. The van der Waals surface area contributed by atoms with Crippen LogP contribution >= 0.6 is 0 Å². The lowest BCUT2D eigenvalue weighted by atomic mass is 9.96. The molecule has 0 radical (unpaired) electrons. The molecule has 0 atom stereocenters. The number of para-hydroxylation sites is 1. The van der Waals surface area contributed by atoms with Gasteiger partial charge in [-0.1, -0.05) is 39.0 Å². The third-order valence-corrected chi connectivity index (χ3v) is 5.90. The summed E-state index contributed by atoms with van der Waals surface area (Å²) in [5, 5.41) is 3.13. The molecule has 25 heavy (non-hydrogen) atoms. The van der Waals surface area contributed by atoms with Gasteiger partial charge in [0.05, 0.1) is 0 Å². The van der Waals surface area contributed by atoms with Crippen LogP contribution in [-0.2, 0) is 22.4 Å². The van der Waals surface area contributed by atoms with E-state index in [0.717, 1.165) is 55.6 Å². The second kappa shape index (κ2) is 7.19. The van der Waals surface area contributed by atoms with Crippen molar-refractivity contribution < 1.29 is 9.59 Å².